The third-order valence-corrected chi connectivity index (χ3v) is 6.38. The predicted octanol–water partition coefficient (Wildman–Crippen LogP) is 1.52. The molecule has 1 saturated heterocycles. The first kappa shape index (κ1) is 15.2. The molecule has 1 fully saturated rings. The SMILES string of the molecule is C=CCN(C(=O)c1c(C)nc2sccn12)[C@@H]1CCS(=O)(=O)C1. The molecular formula is C14H17N3O3S2. The molecule has 0 spiro atoms. The average Bonchev–Trinajstić information content (AvgIpc) is 3.09. The summed E-state index contributed by atoms with van der Waals surface area (Å²) in [6.07, 6.45) is 3.92. The highest BCUT2D eigenvalue weighted by Gasteiger charge is 2.35. The Kier molecular flexibility index (Phi) is 3.82. The Balaban J connectivity index is 1.98. The zero-order valence-corrected chi connectivity index (χ0v) is 13.9. The number of imidazole rings is 1. The van der Waals surface area contributed by atoms with Crippen LogP contribution in [0.2, 0.25) is 0 Å². The highest BCUT2D eigenvalue weighted by molar-refractivity contribution is 7.91. The molecule has 22 heavy (non-hydrogen) atoms. The van der Waals surface area contributed by atoms with Crippen LogP contribution < -0.4 is 0 Å². The molecule has 0 saturated carbocycles. The summed E-state index contributed by atoms with van der Waals surface area (Å²) in [4.78, 5) is 19.7. The number of carbonyl (C=O) groups is 1. The van der Waals surface area contributed by atoms with Gasteiger partial charge in [-0.2, -0.15) is 0 Å². The smallest absolute Gasteiger partial charge is 0.273 e. The minimum Gasteiger partial charge on any atom is -0.330 e. The molecule has 3 rings (SSSR count). The van der Waals surface area contributed by atoms with Crippen molar-refractivity contribution < 1.29 is 13.2 Å². The number of aryl methyl sites for hydroxylation is 1. The molecule has 0 aliphatic carbocycles. The molecule has 1 amide bonds. The summed E-state index contributed by atoms with van der Waals surface area (Å²) in [5.74, 6) is -0.0277. The fraction of sp³-hybridized carbons (Fsp3) is 0.429. The number of hydrogen-bond donors (Lipinski definition) is 0. The van der Waals surface area contributed by atoms with E-state index in [4.69, 9.17) is 0 Å². The fourth-order valence-corrected chi connectivity index (χ4v) is 5.34. The van der Waals surface area contributed by atoms with Crippen molar-refractivity contribution in [1.82, 2.24) is 14.3 Å². The number of sulfone groups is 1. The monoisotopic (exact) mass is 339 g/mol. The number of rotatable bonds is 4. The van der Waals surface area contributed by atoms with E-state index in [9.17, 15) is 13.2 Å². The van der Waals surface area contributed by atoms with Gasteiger partial charge in [-0.05, 0) is 13.3 Å². The summed E-state index contributed by atoms with van der Waals surface area (Å²) >= 11 is 1.46. The van der Waals surface area contributed by atoms with Gasteiger partial charge in [0.05, 0.1) is 17.2 Å². The van der Waals surface area contributed by atoms with Gasteiger partial charge >= 0.3 is 0 Å². The Morgan fingerprint density at radius 3 is 3.05 bits per heavy atom. The van der Waals surface area contributed by atoms with Gasteiger partial charge in [0.2, 0.25) is 0 Å². The lowest BCUT2D eigenvalue weighted by Crippen LogP contribution is -2.42. The summed E-state index contributed by atoms with van der Waals surface area (Å²) in [6, 6.07) is -0.293. The van der Waals surface area contributed by atoms with E-state index in [1.165, 1.54) is 11.3 Å². The van der Waals surface area contributed by atoms with Crippen LogP contribution in [-0.4, -0.2) is 52.7 Å². The second kappa shape index (κ2) is 5.51. The summed E-state index contributed by atoms with van der Waals surface area (Å²) in [7, 11) is -3.05. The quantitative estimate of drug-likeness (QED) is 0.792. The summed E-state index contributed by atoms with van der Waals surface area (Å²) < 4.78 is 25.2. The maximum atomic E-state index is 13.0. The minimum atomic E-state index is -3.05. The molecule has 0 aromatic carbocycles. The fourth-order valence-electron chi connectivity index (χ4n) is 2.85. The number of hydrogen-bond acceptors (Lipinski definition) is 5. The number of aromatic nitrogens is 2. The zero-order valence-electron chi connectivity index (χ0n) is 12.2. The van der Waals surface area contributed by atoms with E-state index in [2.05, 4.69) is 11.6 Å². The van der Waals surface area contributed by atoms with E-state index in [1.807, 2.05) is 11.6 Å². The van der Waals surface area contributed by atoms with Crippen molar-refractivity contribution in [1.29, 1.82) is 0 Å². The van der Waals surface area contributed by atoms with Crippen molar-refractivity contribution in [3.05, 3.63) is 35.6 Å². The molecule has 2 aromatic heterocycles. The van der Waals surface area contributed by atoms with Gasteiger partial charge in [0, 0.05) is 24.2 Å². The van der Waals surface area contributed by atoms with Crippen LogP contribution in [0, 0.1) is 6.92 Å². The Morgan fingerprint density at radius 2 is 2.41 bits per heavy atom. The normalized spacial score (nSPS) is 20.3. The largest absolute Gasteiger partial charge is 0.330 e. The van der Waals surface area contributed by atoms with Gasteiger partial charge in [0.1, 0.15) is 5.69 Å². The number of amides is 1. The first-order valence-electron chi connectivity index (χ1n) is 6.97. The highest BCUT2D eigenvalue weighted by Crippen LogP contribution is 2.23. The van der Waals surface area contributed by atoms with Crippen LogP contribution in [-0.2, 0) is 9.84 Å². The van der Waals surface area contributed by atoms with Gasteiger partial charge in [-0.15, -0.1) is 17.9 Å². The lowest BCUT2D eigenvalue weighted by Gasteiger charge is -2.27. The minimum absolute atomic E-state index is 0.0250. The molecule has 1 aliphatic heterocycles. The third-order valence-electron chi connectivity index (χ3n) is 3.87. The molecule has 6 nitrogen and oxygen atoms in total. The van der Waals surface area contributed by atoms with Crippen molar-refractivity contribution in [3.8, 4) is 0 Å². The van der Waals surface area contributed by atoms with Crippen molar-refractivity contribution >= 4 is 32.0 Å². The Bertz CT molecular complexity index is 835. The van der Waals surface area contributed by atoms with Gasteiger partial charge in [-0.25, -0.2) is 13.4 Å². The van der Waals surface area contributed by atoms with E-state index in [0.29, 0.717) is 24.4 Å². The second-order valence-corrected chi connectivity index (χ2v) is 8.51. The molecule has 1 atom stereocenters. The molecule has 2 aromatic rings. The lowest BCUT2D eigenvalue weighted by atomic mass is 10.2. The van der Waals surface area contributed by atoms with Crippen LogP contribution >= 0.6 is 11.3 Å². The predicted molar refractivity (Wildman–Crippen MR) is 86.1 cm³/mol. The summed E-state index contributed by atoms with van der Waals surface area (Å²) in [5, 5.41) is 1.87. The van der Waals surface area contributed by atoms with Gasteiger partial charge in [0.15, 0.2) is 14.8 Å². The third kappa shape index (κ3) is 2.56. The van der Waals surface area contributed by atoms with Crippen LogP contribution in [0.5, 0.6) is 0 Å². The maximum absolute atomic E-state index is 13.0. The zero-order chi connectivity index (χ0) is 15.9. The second-order valence-electron chi connectivity index (χ2n) is 5.40. The summed E-state index contributed by atoms with van der Waals surface area (Å²) in [6.45, 7) is 5.81. The van der Waals surface area contributed by atoms with Gasteiger partial charge in [0.25, 0.3) is 5.91 Å². The van der Waals surface area contributed by atoms with Crippen LogP contribution in [0.15, 0.2) is 24.2 Å². The first-order chi connectivity index (χ1) is 10.4. The molecule has 1 aliphatic rings. The Morgan fingerprint density at radius 1 is 1.64 bits per heavy atom. The first-order valence-corrected chi connectivity index (χ1v) is 9.67. The lowest BCUT2D eigenvalue weighted by molar-refractivity contribution is 0.0713. The Hall–Kier alpha value is -1.67. The van der Waals surface area contributed by atoms with Crippen LogP contribution in [0.1, 0.15) is 22.6 Å². The summed E-state index contributed by atoms with van der Waals surface area (Å²) in [5.41, 5.74) is 1.16. The van der Waals surface area contributed by atoms with Crippen LogP contribution in [0.25, 0.3) is 4.96 Å². The maximum Gasteiger partial charge on any atom is 0.273 e. The highest BCUT2D eigenvalue weighted by atomic mass is 32.2. The van der Waals surface area contributed by atoms with E-state index < -0.39 is 9.84 Å². The van der Waals surface area contributed by atoms with Gasteiger partial charge < -0.3 is 4.90 Å². The molecule has 0 radical (unpaired) electrons. The molecular weight excluding hydrogens is 322 g/mol. The van der Waals surface area contributed by atoms with Crippen molar-refractivity contribution in [2.75, 3.05) is 18.1 Å². The van der Waals surface area contributed by atoms with Gasteiger partial charge in [-0.3, -0.25) is 9.20 Å². The standard InChI is InChI=1S/C14H17N3O3S2/c1-3-5-16(11-4-8-22(19,20)9-11)13(18)12-10(2)15-14-17(12)6-7-21-14/h3,6-7,11H,1,4-5,8-9H2,2H3/t11-/m1/s1. The molecule has 8 heteroatoms. The van der Waals surface area contributed by atoms with E-state index in [-0.39, 0.29) is 23.5 Å². The topological polar surface area (TPSA) is 71.8 Å². The molecule has 118 valence electrons. The average molecular weight is 339 g/mol. The van der Waals surface area contributed by atoms with Crippen molar-refractivity contribution in [2.45, 2.75) is 19.4 Å². The number of carbonyl (C=O) groups excluding carboxylic acids is 1. The van der Waals surface area contributed by atoms with Crippen LogP contribution in [0.4, 0.5) is 0 Å². The molecule has 0 N–H and O–H groups in total. The number of fused-ring (bicyclic) bond motifs is 1. The number of thiazole rings is 1. The van der Waals surface area contributed by atoms with Crippen molar-refractivity contribution in [2.24, 2.45) is 0 Å². The van der Waals surface area contributed by atoms with Crippen LogP contribution in [0.3, 0.4) is 0 Å². The molecule has 0 bridgehead atoms. The van der Waals surface area contributed by atoms with Crippen molar-refractivity contribution in [3.63, 3.8) is 0 Å². The van der Waals surface area contributed by atoms with Gasteiger partial charge in [-0.1, -0.05) is 6.08 Å². The van der Waals surface area contributed by atoms with E-state index in [0.717, 1.165) is 4.96 Å². The Labute approximate surface area is 133 Å². The number of nitrogens with zero attached hydrogens (tertiary/aromatic N) is 3. The molecule has 0 unspecified atom stereocenters. The van der Waals surface area contributed by atoms with E-state index >= 15 is 0 Å². The van der Waals surface area contributed by atoms with E-state index in [1.54, 1.807) is 22.3 Å². The molecule has 3 heterocycles.